The quantitative estimate of drug-likeness (QED) is 0.373. The van der Waals surface area contributed by atoms with E-state index in [1.54, 1.807) is 24.3 Å². The number of hydrogen-bond donors (Lipinski definition) is 2. The first kappa shape index (κ1) is 19.0. The molecule has 0 heterocycles. The lowest BCUT2D eigenvalue weighted by atomic mass is 10.0. The number of carbonyl (C=O) groups excluding carboxylic acids is 2. The van der Waals surface area contributed by atoms with Crippen molar-refractivity contribution in [3.05, 3.63) is 59.1 Å². The highest BCUT2D eigenvalue weighted by molar-refractivity contribution is 6.33. The second-order valence-corrected chi connectivity index (χ2v) is 6.36. The van der Waals surface area contributed by atoms with Crippen LogP contribution in [0.3, 0.4) is 0 Å². The van der Waals surface area contributed by atoms with E-state index in [0.29, 0.717) is 34.8 Å². The first-order chi connectivity index (χ1) is 12.1. The molecular weight excluding hydrogens is 336 g/mol. The molecule has 0 unspecified atom stereocenters. The maximum atomic E-state index is 12.1. The molecule has 0 saturated heterocycles. The molecule has 3 N–H and O–H groups in total. The first-order valence-corrected chi connectivity index (χ1v) is 8.88. The Kier molecular flexibility index (Phi) is 7.48. The van der Waals surface area contributed by atoms with Gasteiger partial charge < -0.3 is 11.1 Å². The van der Waals surface area contributed by atoms with Crippen molar-refractivity contribution >= 4 is 34.7 Å². The fraction of sp³-hybridized carbons (Fsp3) is 0.300. The summed E-state index contributed by atoms with van der Waals surface area (Å²) in [6.07, 6.45) is 4.35. The summed E-state index contributed by atoms with van der Waals surface area (Å²) in [5, 5.41) is 3.32. The number of Topliss-reactive ketones (excluding diaryl/α,β-unsaturated/α-hetero) is 1. The zero-order valence-electron chi connectivity index (χ0n) is 14.1. The lowest BCUT2D eigenvalue weighted by molar-refractivity contribution is -0.116. The van der Waals surface area contributed by atoms with Crippen molar-refractivity contribution < 1.29 is 9.59 Å². The van der Waals surface area contributed by atoms with E-state index >= 15 is 0 Å². The van der Waals surface area contributed by atoms with Gasteiger partial charge in [-0.15, -0.1) is 0 Å². The third kappa shape index (κ3) is 6.24. The van der Waals surface area contributed by atoms with E-state index in [-0.39, 0.29) is 11.7 Å². The molecule has 132 valence electrons. The molecular formula is C20H23ClN2O2. The minimum atomic E-state index is -0.0370. The first-order valence-electron chi connectivity index (χ1n) is 8.50. The molecule has 25 heavy (non-hydrogen) atoms. The summed E-state index contributed by atoms with van der Waals surface area (Å²) >= 11 is 6.02. The number of benzene rings is 2. The standard InChI is InChI=1S/C20H23ClN2O2/c21-16-10-6-5-9-15(16)19(24)13-3-1-2-4-14-20(25)23-18-12-8-7-11-17(18)22/h5-12H,1-4,13-14,22H2,(H,23,25). The Morgan fingerprint density at radius 1 is 0.880 bits per heavy atom. The largest absolute Gasteiger partial charge is 0.397 e. The highest BCUT2D eigenvalue weighted by Gasteiger charge is 2.09. The zero-order chi connectivity index (χ0) is 18.1. The SMILES string of the molecule is Nc1ccccc1NC(=O)CCCCCCC(=O)c1ccccc1Cl. The smallest absolute Gasteiger partial charge is 0.224 e. The highest BCUT2D eigenvalue weighted by Crippen LogP contribution is 2.19. The molecule has 0 aliphatic carbocycles. The fourth-order valence-corrected chi connectivity index (χ4v) is 2.81. The second-order valence-electron chi connectivity index (χ2n) is 5.95. The van der Waals surface area contributed by atoms with Gasteiger partial charge in [-0.25, -0.2) is 0 Å². The Bertz CT molecular complexity index is 731. The number of para-hydroxylation sites is 2. The van der Waals surface area contributed by atoms with E-state index in [0.717, 1.165) is 25.7 Å². The van der Waals surface area contributed by atoms with Crippen LogP contribution >= 0.6 is 11.6 Å². The average Bonchev–Trinajstić information content (AvgIpc) is 2.60. The number of nitrogens with two attached hydrogens (primary N) is 1. The predicted molar refractivity (Wildman–Crippen MR) is 103 cm³/mol. The van der Waals surface area contributed by atoms with Crippen LogP contribution in [0.4, 0.5) is 11.4 Å². The van der Waals surface area contributed by atoms with E-state index in [9.17, 15) is 9.59 Å². The molecule has 0 aromatic heterocycles. The van der Waals surface area contributed by atoms with E-state index in [2.05, 4.69) is 5.32 Å². The van der Waals surface area contributed by atoms with Crippen molar-refractivity contribution in [2.24, 2.45) is 0 Å². The summed E-state index contributed by atoms with van der Waals surface area (Å²) in [5.74, 6) is 0.0351. The van der Waals surface area contributed by atoms with Crippen molar-refractivity contribution in [2.75, 3.05) is 11.1 Å². The fourth-order valence-electron chi connectivity index (χ4n) is 2.57. The predicted octanol–water partition coefficient (Wildman–Crippen LogP) is 5.08. The second kappa shape index (κ2) is 9.84. The van der Waals surface area contributed by atoms with E-state index in [1.807, 2.05) is 24.3 Å². The molecule has 0 bridgehead atoms. The lowest BCUT2D eigenvalue weighted by Crippen LogP contribution is -2.12. The van der Waals surface area contributed by atoms with Gasteiger partial charge in [0.2, 0.25) is 5.91 Å². The zero-order valence-corrected chi connectivity index (χ0v) is 14.9. The molecule has 0 radical (unpaired) electrons. The molecule has 2 rings (SSSR count). The minimum Gasteiger partial charge on any atom is -0.397 e. The third-order valence-corrected chi connectivity index (χ3v) is 4.30. The van der Waals surface area contributed by atoms with E-state index in [4.69, 9.17) is 17.3 Å². The van der Waals surface area contributed by atoms with Crippen LogP contribution in [-0.4, -0.2) is 11.7 Å². The van der Waals surface area contributed by atoms with Gasteiger partial charge in [0, 0.05) is 18.4 Å². The monoisotopic (exact) mass is 358 g/mol. The molecule has 1 amide bonds. The van der Waals surface area contributed by atoms with Crippen LogP contribution < -0.4 is 11.1 Å². The topological polar surface area (TPSA) is 72.2 Å². The van der Waals surface area contributed by atoms with Crippen molar-refractivity contribution in [2.45, 2.75) is 38.5 Å². The summed E-state index contributed by atoms with van der Waals surface area (Å²) in [7, 11) is 0. The van der Waals surface area contributed by atoms with Crippen LogP contribution in [0, 0.1) is 0 Å². The van der Waals surface area contributed by atoms with Gasteiger partial charge in [0.1, 0.15) is 0 Å². The Morgan fingerprint density at radius 3 is 2.24 bits per heavy atom. The van der Waals surface area contributed by atoms with Gasteiger partial charge in [0.25, 0.3) is 0 Å². The number of carbonyl (C=O) groups is 2. The van der Waals surface area contributed by atoms with E-state index < -0.39 is 0 Å². The Morgan fingerprint density at radius 2 is 1.52 bits per heavy atom. The van der Waals surface area contributed by atoms with Crippen LogP contribution in [-0.2, 0) is 4.79 Å². The van der Waals surface area contributed by atoms with Crippen LogP contribution in [0.1, 0.15) is 48.9 Å². The number of unbranched alkanes of at least 4 members (excludes halogenated alkanes) is 3. The van der Waals surface area contributed by atoms with Gasteiger partial charge in [-0.3, -0.25) is 9.59 Å². The molecule has 0 atom stereocenters. The summed E-state index contributed by atoms with van der Waals surface area (Å²) in [6, 6.07) is 14.3. The molecule has 4 nitrogen and oxygen atoms in total. The van der Waals surface area contributed by atoms with Crippen molar-refractivity contribution in [1.82, 2.24) is 0 Å². The van der Waals surface area contributed by atoms with Crippen molar-refractivity contribution in [3.8, 4) is 0 Å². The molecule has 0 saturated carbocycles. The summed E-state index contributed by atoms with van der Waals surface area (Å²) < 4.78 is 0. The molecule has 2 aromatic carbocycles. The number of halogens is 1. The Labute approximate surface area is 153 Å². The van der Waals surface area contributed by atoms with Gasteiger partial charge in [-0.1, -0.05) is 48.7 Å². The maximum absolute atomic E-state index is 12.1. The van der Waals surface area contributed by atoms with Crippen LogP contribution in [0.2, 0.25) is 5.02 Å². The van der Waals surface area contributed by atoms with E-state index in [1.165, 1.54) is 0 Å². The number of amides is 1. The summed E-state index contributed by atoms with van der Waals surface area (Å²) in [5.41, 5.74) is 7.60. The Balaban J connectivity index is 1.60. The van der Waals surface area contributed by atoms with Crippen molar-refractivity contribution in [3.63, 3.8) is 0 Å². The van der Waals surface area contributed by atoms with Crippen molar-refractivity contribution in [1.29, 1.82) is 0 Å². The maximum Gasteiger partial charge on any atom is 0.224 e. The highest BCUT2D eigenvalue weighted by atomic mass is 35.5. The number of hydrogen-bond acceptors (Lipinski definition) is 3. The van der Waals surface area contributed by atoms with Gasteiger partial charge in [0.05, 0.1) is 16.4 Å². The number of ketones is 1. The van der Waals surface area contributed by atoms with Gasteiger partial charge in [-0.05, 0) is 37.1 Å². The Hall–Kier alpha value is -2.33. The van der Waals surface area contributed by atoms with Crippen LogP contribution in [0.25, 0.3) is 0 Å². The third-order valence-electron chi connectivity index (χ3n) is 3.97. The van der Waals surface area contributed by atoms with Crippen LogP contribution in [0.5, 0.6) is 0 Å². The molecule has 0 aliphatic heterocycles. The van der Waals surface area contributed by atoms with Gasteiger partial charge >= 0.3 is 0 Å². The average molecular weight is 359 g/mol. The number of nitrogens with one attached hydrogen (secondary N) is 1. The minimum absolute atomic E-state index is 0.0370. The van der Waals surface area contributed by atoms with Crippen LogP contribution in [0.15, 0.2) is 48.5 Å². The molecule has 0 spiro atoms. The molecule has 0 aliphatic rings. The number of nitrogen functional groups attached to an aromatic ring is 1. The lowest BCUT2D eigenvalue weighted by Gasteiger charge is -2.07. The normalized spacial score (nSPS) is 10.4. The molecule has 5 heteroatoms. The summed E-state index contributed by atoms with van der Waals surface area (Å²) in [6.45, 7) is 0. The summed E-state index contributed by atoms with van der Waals surface area (Å²) in [4.78, 5) is 24.0. The van der Waals surface area contributed by atoms with Gasteiger partial charge in [-0.2, -0.15) is 0 Å². The number of rotatable bonds is 9. The molecule has 2 aromatic rings. The number of anilines is 2. The molecule has 0 fully saturated rings. The van der Waals surface area contributed by atoms with Gasteiger partial charge in [0.15, 0.2) is 5.78 Å².